The number of nitrogens with zero attached hydrogens (tertiary/aromatic N) is 2. The highest BCUT2D eigenvalue weighted by molar-refractivity contribution is 5.93. The van der Waals surface area contributed by atoms with Crippen LogP contribution in [0.4, 0.5) is 0 Å². The van der Waals surface area contributed by atoms with Gasteiger partial charge < -0.3 is 10.2 Å². The Hall–Kier alpha value is -1.33. The molecule has 0 aliphatic carbocycles. The molecule has 2 N–H and O–H groups in total. The van der Waals surface area contributed by atoms with Gasteiger partial charge in [-0.1, -0.05) is 6.08 Å². The number of allylic oxidation sites excluding steroid dienone is 1. The second-order valence-electron chi connectivity index (χ2n) is 4.61. The molecule has 1 aromatic heterocycles. The van der Waals surface area contributed by atoms with Crippen molar-refractivity contribution in [3.05, 3.63) is 29.6 Å². The molecule has 0 saturated heterocycles. The van der Waals surface area contributed by atoms with Gasteiger partial charge in [-0.25, -0.2) is 0 Å². The van der Waals surface area contributed by atoms with E-state index in [0.29, 0.717) is 5.69 Å². The second kappa shape index (κ2) is 7.31. The van der Waals surface area contributed by atoms with Crippen LogP contribution >= 0.6 is 12.4 Å². The van der Waals surface area contributed by atoms with Crippen molar-refractivity contribution in [2.75, 3.05) is 20.1 Å². The summed E-state index contributed by atoms with van der Waals surface area (Å²) in [6.45, 7) is 6.09. The molecule has 1 aliphatic rings. The van der Waals surface area contributed by atoms with Crippen molar-refractivity contribution in [2.24, 2.45) is 0 Å². The maximum absolute atomic E-state index is 12.3. The molecule has 2 heterocycles. The van der Waals surface area contributed by atoms with Gasteiger partial charge in [0, 0.05) is 44.4 Å². The van der Waals surface area contributed by atoms with Crippen molar-refractivity contribution in [3.63, 3.8) is 0 Å². The van der Waals surface area contributed by atoms with Crippen LogP contribution in [0.2, 0.25) is 0 Å². The molecule has 1 aromatic rings. The van der Waals surface area contributed by atoms with E-state index in [1.807, 2.05) is 13.1 Å². The SMILES string of the molecule is C=CCCCN(C)C(=O)c1n[nH]c2c1CNCC2.Cl. The number of hydrogen-bond acceptors (Lipinski definition) is 3. The minimum Gasteiger partial charge on any atom is -0.340 e. The molecule has 0 atom stereocenters. The van der Waals surface area contributed by atoms with Gasteiger partial charge in [0.2, 0.25) is 0 Å². The number of fused-ring (bicyclic) bond motifs is 1. The lowest BCUT2D eigenvalue weighted by Crippen LogP contribution is -2.30. The molecule has 0 unspecified atom stereocenters. The van der Waals surface area contributed by atoms with Gasteiger partial charge in [-0.2, -0.15) is 5.10 Å². The lowest BCUT2D eigenvalue weighted by molar-refractivity contribution is 0.0786. The fraction of sp³-hybridized carbons (Fsp3) is 0.538. The number of unbranched alkanes of at least 4 members (excludes halogenated alkanes) is 1. The number of carbonyl (C=O) groups excluding carboxylic acids is 1. The number of nitrogens with one attached hydrogen (secondary N) is 2. The number of aromatic nitrogens is 2. The second-order valence-corrected chi connectivity index (χ2v) is 4.61. The lowest BCUT2D eigenvalue weighted by atomic mass is 10.1. The molecule has 0 spiro atoms. The Morgan fingerprint density at radius 3 is 3.11 bits per heavy atom. The molecule has 0 saturated carbocycles. The maximum atomic E-state index is 12.3. The minimum absolute atomic E-state index is 0. The fourth-order valence-electron chi connectivity index (χ4n) is 2.16. The Morgan fingerprint density at radius 2 is 2.37 bits per heavy atom. The third-order valence-corrected chi connectivity index (χ3v) is 3.26. The standard InChI is InChI=1S/C13H20N4O.ClH/c1-3-4-5-8-17(2)13(18)12-10-9-14-7-6-11(10)15-16-12;/h3,14H,1,4-9H2,2H3,(H,15,16);1H. The lowest BCUT2D eigenvalue weighted by Gasteiger charge is -2.17. The van der Waals surface area contributed by atoms with Gasteiger partial charge in [-0.05, 0) is 12.8 Å². The van der Waals surface area contributed by atoms with Crippen molar-refractivity contribution in [1.29, 1.82) is 0 Å². The number of carbonyl (C=O) groups is 1. The summed E-state index contributed by atoms with van der Waals surface area (Å²) >= 11 is 0. The van der Waals surface area contributed by atoms with Crippen molar-refractivity contribution in [1.82, 2.24) is 20.4 Å². The molecule has 5 nitrogen and oxygen atoms in total. The van der Waals surface area contributed by atoms with Gasteiger partial charge in [0.25, 0.3) is 5.91 Å². The normalized spacial score (nSPS) is 13.3. The number of hydrogen-bond donors (Lipinski definition) is 2. The zero-order valence-corrected chi connectivity index (χ0v) is 12.1. The largest absolute Gasteiger partial charge is 0.340 e. The average molecular weight is 285 g/mol. The Kier molecular flexibility index (Phi) is 6.05. The summed E-state index contributed by atoms with van der Waals surface area (Å²) in [7, 11) is 1.82. The summed E-state index contributed by atoms with van der Waals surface area (Å²) in [4.78, 5) is 14.0. The van der Waals surface area contributed by atoms with E-state index in [0.717, 1.165) is 50.2 Å². The van der Waals surface area contributed by atoms with E-state index < -0.39 is 0 Å². The van der Waals surface area contributed by atoms with E-state index in [4.69, 9.17) is 0 Å². The highest BCUT2D eigenvalue weighted by Gasteiger charge is 2.23. The van der Waals surface area contributed by atoms with E-state index >= 15 is 0 Å². The number of rotatable bonds is 5. The van der Waals surface area contributed by atoms with Crippen LogP contribution in [0.15, 0.2) is 12.7 Å². The van der Waals surface area contributed by atoms with Gasteiger partial charge in [0.1, 0.15) is 0 Å². The van der Waals surface area contributed by atoms with Crippen molar-refractivity contribution in [3.8, 4) is 0 Å². The first-order valence-corrected chi connectivity index (χ1v) is 6.37. The van der Waals surface area contributed by atoms with Gasteiger partial charge >= 0.3 is 0 Å². The first-order chi connectivity index (χ1) is 8.74. The Bertz CT molecular complexity index is 444. The molecule has 0 fully saturated rings. The average Bonchev–Trinajstić information content (AvgIpc) is 2.82. The third kappa shape index (κ3) is 3.58. The van der Waals surface area contributed by atoms with Gasteiger partial charge in [-0.15, -0.1) is 19.0 Å². The van der Waals surface area contributed by atoms with Crippen LogP contribution in [0.25, 0.3) is 0 Å². The van der Waals surface area contributed by atoms with Gasteiger partial charge in [0.05, 0.1) is 0 Å². The van der Waals surface area contributed by atoms with E-state index in [1.165, 1.54) is 0 Å². The Labute approximate surface area is 119 Å². The fourth-order valence-corrected chi connectivity index (χ4v) is 2.16. The van der Waals surface area contributed by atoms with Crippen LogP contribution in [0.3, 0.4) is 0 Å². The summed E-state index contributed by atoms with van der Waals surface area (Å²) in [5.41, 5.74) is 2.69. The molecule has 19 heavy (non-hydrogen) atoms. The van der Waals surface area contributed by atoms with Crippen LogP contribution in [-0.4, -0.2) is 41.1 Å². The van der Waals surface area contributed by atoms with Crippen LogP contribution in [0.1, 0.15) is 34.6 Å². The summed E-state index contributed by atoms with van der Waals surface area (Å²) in [5.74, 6) is 0.000243. The van der Waals surface area contributed by atoms with E-state index in [9.17, 15) is 4.79 Å². The highest BCUT2D eigenvalue weighted by atomic mass is 35.5. The van der Waals surface area contributed by atoms with Crippen LogP contribution < -0.4 is 5.32 Å². The van der Waals surface area contributed by atoms with Gasteiger partial charge in [-0.3, -0.25) is 9.89 Å². The van der Waals surface area contributed by atoms with E-state index in [-0.39, 0.29) is 18.3 Å². The van der Waals surface area contributed by atoms with Crippen LogP contribution in [-0.2, 0) is 13.0 Å². The number of halogens is 1. The van der Waals surface area contributed by atoms with Crippen LogP contribution in [0.5, 0.6) is 0 Å². The molecule has 1 aliphatic heterocycles. The van der Waals surface area contributed by atoms with Crippen molar-refractivity contribution >= 4 is 18.3 Å². The zero-order valence-electron chi connectivity index (χ0n) is 11.2. The topological polar surface area (TPSA) is 61.0 Å². The molecule has 106 valence electrons. The minimum atomic E-state index is 0. The van der Waals surface area contributed by atoms with E-state index in [1.54, 1.807) is 4.90 Å². The Balaban J connectivity index is 0.00000180. The first-order valence-electron chi connectivity index (χ1n) is 6.37. The number of amides is 1. The third-order valence-electron chi connectivity index (χ3n) is 3.26. The quantitative estimate of drug-likeness (QED) is 0.636. The Morgan fingerprint density at radius 1 is 1.58 bits per heavy atom. The van der Waals surface area contributed by atoms with E-state index in [2.05, 4.69) is 22.1 Å². The monoisotopic (exact) mass is 284 g/mol. The van der Waals surface area contributed by atoms with Crippen molar-refractivity contribution in [2.45, 2.75) is 25.8 Å². The maximum Gasteiger partial charge on any atom is 0.274 e. The van der Waals surface area contributed by atoms with Crippen LogP contribution in [0, 0.1) is 0 Å². The first kappa shape index (κ1) is 15.7. The predicted octanol–water partition coefficient (Wildman–Crippen LogP) is 1.52. The smallest absolute Gasteiger partial charge is 0.274 e. The highest BCUT2D eigenvalue weighted by Crippen LogP contribution is 2.16. The zero-order chi connectivity index (χ0) is 13.0. The molecule has 0 bridgehead atoms. The summed E-state index contributed by atoms with van der Waals surface area (Å²) in [5, 5.41) is 10.4. The summed E-state index contributed by atoms with van der Waals surface area (Å²) in [6, 6.07) is 0. The molecule has 0 radical (unpaired) electrons. The predicted molar refractivity (Wildman–Crippen MR) is 77.6 cm³/mol. The van der Waals surface area contributed by atoms with Gasteiger partial charge in [0.15, 0.2) is 5.69 Å². The molecule has 1 amide bonds. The van der Waals surface area contributed by atoms with Crippen molar-refractivity contribution < 1.29 is 4.79 Å². The molecular weight excluding hydrogens is 264 g/mol. The number of aromatic amines is 1. The molecule has 2 rings (SSSR count). The molecular formula is C13H21ClN4O. The molecule has 6 heteroatoms. The molecule has 0 aromatic carbocycles. The summed E-state index contributed by atoms with van der Waals surface area (Å²) < 4.78 is 0. The summed E-state index contributed by atoms with van der Waals surface area (Å²) in [6.07, 6.45) is 4.66. The number of H-pyrrole nitrogens is 1.